The second-order valence-electron chi connectivity index (χ2n) is 7.73. The lowest BCUT2D eigenvalue weighted by Gasteiger charge is -2.39. The molecule has 34 heavy (non-hydrogen) atoms. The van der Waals surface area contributed by atoms with Crippen molar-refractivity contribution in [2.45, 2.75) is 26.0 Å². The number of esters is 1. The summed E-state index contributed by atoms with van der Waals surface area (Å²) in [6, 6.07) is 14.2. The van der Waals surface area contributed by atoms with Crippen LogP contribution < -0.4 is 9.47 Å². The van der Waals surface area contributed by atoms with Gasteiger partial charge in [-0.1, -0.05) is 60.8 Å². The van der Waals surface area contributed by atoms with Crippen LogP contribution in [0.1, 0.15) is 30.5 Å². The number of amidine groups is 1. The van der Waals surface area contributed by atoms with E-state index in [0.717, 1.165) is 5.56 Å². The number of benzene rings is 2. The van der Waals surface area contributed by atoms with Gasteiger partial charge in [-0.3, -0.25) is 9.69 Å². The molecule has 2 aliphatic rings. The van der Waals surface area contributed by atoms with Crippen LogP contribution >= 0.6 is 11.8 Å². The molecule has 176 valence electrons. The number of thioether (sulfide) groups is 1. The lowest BCUT2D eigenvalue weighted by molar-refractivity contribution is -0.141. The molecule has 0 N–H and O–H groups in total. The highest BCUT2D eigenvalue weighted by atomic mass is 32.2. The Morgan fingerprint density at radius 3 is 2.76 bits per heavy atom. The number of nitrogens with zero attached hydrogens (tertiary/aromatic N) is 2. The maximum atomic E-state index is 13.3. The van der Waals surface area contributed by atoms with Crippen molar-refractivity contribution < 1.29 is 23.8 Å². The van der Waals surface area contributed by atoms with E-state index in [-0.39, 0.29) is 12.5 Å². The van der Waals surface area contributed by atoms with E-state index in [1.165, 1.54) is 11.8 Å². The maximum absolute atomic E-state index is 13.3. The molecule has 0 spiro atoms. The molecular weight excluding hydrogens is 452 g/mol. The van der Waals surface area contributed by atoms with Crippen molar-refractivity contribution in [1.29, 1.82) is 0 Å². The van der Waals surface area contributed by atoms with Crippen LogP contribution in [0.5, 0.6) is 11.5 Å². The van der Waals surface area contributed by atoms with E-state index in [1.54, 1.807) is 37.1 Å². The molecule has 1 saturated heterocycles. The lowest BCUT2D eigenvalue weighted by Crippen LogP contribution is -2.45. The van der Waals surface area contributed by atoms with Gasteiger partial charge in [0.1, 0.15) is 13.2 Å². The SMILES string of the molecule is C=CCOc1ccc(C2C(C(=O)OCc3ccccc3)=C(C)N=C3SCCC(=O)N32)cc1OC. The summed E-state index contributed by atoms with van der Waals surface area (Å²) in [6.45, 7) is 5.89. The van der Waals surface area contributed by atoms with Gasteiger partial charge in [-0.25, -0.2) is 9.79 Å². The standard InChI is InChI=1S/C26H26N2O5S/c1-4-13-32-20-11-10-19(15-21(20)31-3)24-23(25(30)33-16-18-8-6-5-7-9-18)17(2)27-26-28(24)22(29)12-14-34-26/h4-11,15,24H,1,12-14,16H2,2-3H3. The molecule has 2 aliphatic heterocycles. The zero-order chi connectivity index (χ0) is 24.1. The van der Waals surface area contributed by atoms with E-state index in [9.17, 15) is 9.59 Å². The zero-order valence-electron chi connectivity index (χ0n) is 19.2. The Hall–Kier alpha value is -3.52. The fourth-order valence-electron chi connectivity index (χ4n) is 3.90. The van der Waals surface area contributed by atoms with Crippen LogP contribution in [-0.2, 0) is 20.9 Å². The quantitative estimate of drug-likeness (QED) is 0.406. The number of methoxy groups -OCH3 is 1. The third kappa shape index (κ3) is 4.87. The predicted octanol–water partition coefficient (Wildman–Crippen LogP) is 4.65. The van der Waals surface area contributed by atoms with Crippen molar-refractivity contribution in [1.82, 2.24) is 4.90 Å². The number of ether oxygens (including phenoxy) is 3. The Balaban J connectivity index is 1.73. The molecule has 1 amide bonds. The first-order chi connectivity index (χ1) is 16.5. The van der Waals surface area contributed by atoms with Crippen molar-refractivity contribution in [2.75, 3.05) is 19.5 Å². The molecule has 1 atom stereocenters. The summed E-state index contributed by atoms with van der Waals surface area (Å²) in [5.74, 6) is 1.09. The van der Waals surface area contributed by atoms with Crippen LogP contribution in [-0.4, -0.2) is 41.4 Å². The van der Waals surface area contributed by atoms with Gasteiger partial charge in [-0.05, 0) is 30.2 Å². The van der Waals surface area contributed by atoms with Crippen LogP contribution in [0.3, 0.4) is 0 Å². The monoisotopic (exact) mass is 478 g/mol. The second kappa shape index (κ2) is 10.6. The first kappa shape index (κ1) is 23.6. The average molecular weight is 479 g/mol. The average Bonchev–Trinajstić information content (AvgIpc) is 2.86. The second-order valence-corrected chi connectivity index (χ2v) is 8.79. The molecule has 2 aromatic carbocycles. The minimum Gasteiger partial charge on any atom is -0.493 e. The third-order valence-corrected chi connectivity index (χ3v) is 6.45. The van der Waals surface area contributed by atoms with E-state index in [0.29, 0.717) is 52.3 Å². The molecule has 0 aromatic heterocycles. The molecule has 1 fully saturated rings. The van der Waals surface area contributed by atoms with E-state index in [1.807, 2.05) is 36.4 Å². The van der Waals surface area contributed by atoms with E-state index < -0.39 is 12.0 Å². The normalized spacial score (nSPS) is 17.6. The van der Waals surface area contributed by atoms with E-state index in [4.69, 9.17) is 14.2 Å². The number of rotatable bonds is 8. The molecule has 4 rings (SSSR count). The summed E-state index contributed by atoms with van der Waals surface area (Å²) in [7, 11) is 1.55. The Morgan fingerprint density at radius 1 is 1.24 bits per heavy atom. The number of allylic oxidation sites excluding steroid dienone is 1. The molecule has 2 heterocycles. The van der Waals surface area contributed by atoms with Crippen molar-refractivity contribution in [3.63, 3.8) is 0 Å². The number of aliphatic imine (C=N–C) groups is 1. The number of amides is 1. The Kier molecular flexibility index (Phi) is 7.37. The summed E-state index contributed by atoms with van der Waals surface area (Å²) >= 11 is 1.50. The molecule has 8 heteroatoms. The fourth-order valence-corrected chi connectivity index (χ4v) is 4.90. The van der Waals surface area contributed by atoms with E-state index >= 15 is 0 Å². The molecule has 0 radical (unpaired) electrons. The Morgan fingerprint density at radius 2 is 2.03 bits per heavy atom. The highest BCUT2D eigenvalue weighted by molar-refractivity contribution is 8.14. The first-order valence-electron chi connectivity index (χ1n) is 10.9. The summed E-state index contributed by atoms with van der Waals surface area (Å²) in [4.78, 5) is 32.5. The van der Waals surface area contributed by atoms with Gasteiger partial charge in [0.2, 0.25) is 5.91 Å². The minimum atomic E-state index is -0.682. The molecular formula is C26H26N2O5S. The van der Waals surface area contributed by atoms with Crippen molar-refractivity contribution in [3.8, 4) is 11.5 Å². The highest BCUT2D eigenvalue weighted by Gasteiger charge is 2.42. The molecule has 0 saturated carbocycles. The van der Waals surface area contributed by atoms with Crippen LogP contribution in [0.2, 0.25) is 0 Å². The van der Waals surface area contributed by atoms with Crippen molar-refractivity contribution in [3.05, 3.63) is 83.6 Å². The number of hydrogen-bond acceptors (Lipinski definition) is 7. The lowest BCUT2D eigenvalue weighted by atomic mass is 9.93. The van der Waals surface area contributed by atoms with Gasteiger partial charge >= 0.3 is 5.97 Å². The van der Waals surface area contributed by atoms with Gasteiger partial charge in [0.15, 0.2) is 16.7 Å². The smallest absolute Gasteiger partial charge is 0.338 e. The molecule has 7 nitrogen and oxygen atoms in total. The Bertz CT molecular complexity index is 1160. The predicted molar refractivity (Wildman–Crippen MR) is 132 cm³/mol. The van der Waals surface area contributed by atoms with Gasteiger partial charge in [-0.15, -0.1) is 0 Å². The summed E-state index contributed by atoms with van der Waals surface area (Å²) in [5.41, 5.74) is 2.44. The maximum Gasteiger partial charge on any atom is 0.338 e. The molecule has 0 aliphatic carbocycles. The Labute approximate surface area is 203 Å². The van der Waals surface area contributed by atoms with Gasteiger partial charge in [0, 0.05) is 12.2 Å². The van der Waals surface area contributed by atoms with E-state index in [2.05, 4.69) is 11.6 Å². The van der Waals surface area contributed by atoms with Crippen molar-refractivity contribution >= 4 is 28.8 Å². The van der Waals surface area contributed by atoms with Crippen molar-refractivity contribution in [2.24, 2.45) is 4.99 Å². The number of hydrogen-bond donors (Lipinski definition) is 0. The summed E-state index contributed by atoms with van der Waals surface area (Å²) < 4.78 is 16.9. The third-order valence-electron chi connectivity index (χ3n) is 5.50. The molecule has 0 bridgehead atoms. The van der Waals surface area contributed by atoms with Crippen LogP contribution in [0, 0.1) is 0 Å². The number of carbonyl (C=O) groups is 2. The van der Waals surface area contributed by atoms with Crippen LogP contribution in [0.25, 0.3) is 0 Å². The zero-order valence-corrected chi connectivity index (χ0v) is 20.0. The van der Waals surface area contributed by atoms with Gasteiger partial charge in [0.05, 0.1) is 24.4 Å². The van der Waals surface area contributed by atoms with Crippen LogP contribution in [0.4, 0.5) is 0 Å². The summed E-state index contributed by atoms with van der Waals surface area (Å²) in [5, 5.41) is 0.587. The fraction of sp³-hybridized carbons (Fsp3) is 0.269. The first-order valence-corrected chi connectivity index (χ1v) is 11.9. The molecule has 2 aromatic rings. The summed E-state index contributed by atoms with van der Waals surface area (Å²) in [6.07, 6.45) is 2.01. The highest BCUT2D eigenvalue weighted by Crippen LogP contribution is 2.42. The van der Waals surface area contributed by atoms with Gasteiger partial charge < -0.3 is 14.2 Å². The topological polar surface area (TPSA) is 77.4 Å². The minimum absolute atomic E-state index is 0.0886. The van der Waals surface area contributed by atoms with Gasteiger partial charge in [-0.2, -0.15) is 0 Å². The van der Waals surface area contributed by atoms with Gasteiger partial charge in [0.25, 0.3) is 0 Å². The number of carbonyl (C=O) groups excluding carboxylic acids is 2. The largest absolute Gasteiger partial charge is 0.493 e. The van der Waals surface area contributed by atoms with Crippen LogP contribution in [0.15, 0.2) is 77.4 Å². The number of fused-ring (bicyclic) bond motifs is 1. The molecule has 1 unspecified atom stereocenters.